The molecule has 0 fully saturated rings. The highest BCUT2D eigenvalue weighted by atomic mass is 19.1. The maximum Gasteiger partial charge on any atom is 0.126 e. The fourth-order valence-electron chi connectivity index (χ4n) is 2.74. The molecule has 3 aromatic carbocycles. The van der Waals surface area contributed by atoms with Gasteiger partial charge in [-0.3, -0.25) is 4.98 Å². The van der Waals surface area contributed by atoms with E-state index >= 15 is 0 Å². The lowest BCUT2D eigenvalue weighted by molar-refractivity contribution is 0.626. The van der Waals surface area contributed by atoms with Gasteiger partial charge < -0.3 is 0 Å². The van der Waals surface area contributed by atoms with E-state index in [9.17, 15) is 4.39 Å². The van der Waals surface area contributed by atoms with E-state index in [1.807, 2.05) is 18.2 Å². The van der Waals surface area contributed by atoms with E-state index in [1.165, 1.54) is 34.5 Å². The molecule has 0 unspecified atom stereocenters. The van der Waals surface area contributed by atoms with Gasteiger partial charge in [0, 0.05) is 17.8 Å². The van der Waals surface area contributed by atoms with Crippen LogP contribution in [0, 0.1) is 5.82 Å². The van der Waals surface area contributed by atoms with Crippen LogP contribution in [0.5, 0.6) is 0 Å². The third-order valence-electron chi connectivity index (χ3n) is 3.76. The van der Waals surface area contributed by atoms with E-state index < -0.39 is 0 Å². The van der Waals surface area contributed by atoms with Crippen molar-refractivity contribution in [2.24, 2.45) is 0 Å². The molecule has 1 aromatic heterocycles. The Kier molecular flexibility index (Phi) is 2.68. The average molecular weight is 273 g/mol. The first-order valence-electron chi connectivity index (χ1n) is 6.85. The molecule has 100 valence electrons. The molecule has 0 aliphatic heterocycles. The Labute approximate surface area is 121 Å². The van der Waals surface area contributed by atoms with Crippen LogP contribution in [0.1, 0.15) is 0 Å². The van der Waals surface area contributed by atoms with Crippen LogP contribution < -0.4 is 0 Å². The van der Waals surface area contributed by atoms with Crippen LogP contribution in [0.25, 0.3) is 32.8 Å². The molecule has 0 saturated carbocycles. The second kappa shape index (κ2) is 4.67. The van der Waals surface area contributed by atoms with Crippen molar-refractivity contribution in [2.75, 3.05) is 0 Å². The van der Waals surface area contributed by atoms with Gasteiger partial charge in [0.05, 0.1) is 5.69 Å². The Morgan fingerprint density at radius 3 is 2.43 bits per heavy atom. The molecule has 21 heavy (non-hydrogen) atoms. The maximum atomic E-state index is 13.3. The van der Waals surface area contributed by atoms with E-state index in [-0.39, 0.29) is 5.82 Å². The van der Waals surface area contributed by atoms with E-state index in [4.69, 9.17) is 0 Å². The number of hydrogen-bond donors (Lipinski definition) is 0. The molecule has 0 atom stereocenters. The molecule has 0 spiro atoms. The minimum Gasteiger partial charge on any atom is -0.256 e. The molecule has 2 heteroatoms. The molecule has 0 amide bonds. The van der Waals surface area contributed by atoms with Crippen LogP contribution in [0.2, 0.25) is 0 Å². The molecule has 0 aliphatic carbocycles. The largest absolute Gasteiger partial charge is 0.256 e. The normalized spacial score (nSPS) is 11.1. The Morgan fingerprint density at radius 2 is 1.52 bits per heavy atom. The predicted octanol–water partition coefficient (Wildman–Crippen LogP) is 5.19. The Balaban J connectivity index is 1.97. The minimum absolute atomic E-state index is 0.265. The van der Waals surface area contributed by atoms with Crippen molar-refractivity contribution in [2.45, 2.75) is 0 Å². The number of halogens is 1. The zero-order valence-corrected chi connectivity index (χ0v) is 11.3. The molecular weight excluding hydrogens is 261 g/mol. The number of fused-ring (bicyclic) bond motifs is 3. The number of aromatic nitrogens is 1. The number of hydrogen-bond acceptors (Lipinski definition) is 1. The zero-order chi connectivity index (χ0) is 14.2. The smallest absolute Gasteiger partial charge is 0.126 e. The molecule has 0 radical (unpaired) electrons. The highest BCUT2D eigenvalue weighted by Crippen LogP contribution is 2.29. The average Bonchev–Trinajstić information content (AvgIpc) is 2.54. The monoisotopic (exact) mass is 273 g/mol. The number of pyridine rings is 1. The Morgan fingerprint density at radius 1 is 0.714 bits per heavy atom. The van der Waals surface area contributed by atoms with Crippen molar-refractivity contribution in [1.29, 1.82) is 0 Å². The quantitative estimate of drug-likeness (QED) is 0.435. The van der Waals surface area contributed by atoms with Crippen molar-refractivity contribution in [3.8, 4) is 11.3 Å². The fraction of sp³-hybridized carbons (Fsp3) is 0. The van der Waals surface area contributed by atoms with Crippen LogP contribution >= 0.6 is 0 Å². The summed E-state index contributed by atoms with van der Waals surface area (Å²) in [6, 6.07) is 21.5. The lowest BCUT2D eigenvalue weighted by Crippen LogP contribution is -1.85. The standard InChI is InChI=1S/C19H12FN/c20-16-9-10-21-19(12-16)15-7-8-18-14(11-15)6-5-13-3-1-2-4-17(13)18/h1-12H. The maximum absolute atomic E-state index is 13.3. The van der Waals surface area contributed by atoms with E-state index in [1.54, 1.807) is 0 Å². The Hall–Kier alpha value is -2.74. The summed E-state index contributed by atoms with van der Waals surface area (Å²) < 4.78 is 13.3. The molecule has 0 N–H and O–H groups in total. The van der Waals surface area contributed by atoms with Gasteiger partial charge in [0.2, 0.25) is 0 Å². The molecule has 1 heterocycles. The lowest BCUT2D eigenvalue weighted by atomic mass is 9.99. The summed E-state index contributed by atoms with van der Waals surface area (Å²) in [5.74, 6) is -0.265. The summed E-state index contributed by atoms with van der Waals surface area (Å²) in [6.07, 6.45) is 1.50. The summed E-state index contributed by atoms with van der Waals surface area (Å²) in [5, 5.41) is 4.79. The lowest BCUT2D eigenvalue weighted by Gasteiger charge is -2.06. The number of benzene rings is 3. The minimum atomic E-state index is -0.265. The molecule has 1 nitrogen and oxygen atoms in total. The first-order valence-corrected chi connectivity index (χ1v) is 6.85. The highest BCUT2D eigenvalue weighted by molar-refractivity contribution is 6.08. The zero-order valence-electron chi connectivity index (χ0n) is 11.3. The van der Waals surface area contributed by atoms with Gasteiger partial charge in [0.25, 0.3) is 0 Å². The van der Waals surface area contributed by atoms with Crippen LogP contribution in [-0.4, -0.2) is 4.98 Å². The van der Waals surface area contributed by atoms with Crippen LogP contribution in [-0.2, 0) is 0 Å². The molecule has 0 aliphatic rings. The van der Waals surface area contributed by atoms with Crippen molar-refractivity contribution in [3.63, 3.8) is 0 Å². The highest BCUT2D eigenvalue weighted by Gasteiger charge is 2.04. The summed E-state index contributed by atoms with van der Waals surface area (Å²) in [4.78, 5) is 4.24. The van der Waals surface area contributed by atoms with Gasteiger partial charge in [-0.05, 0) is 33.7 Å². The van der Waals surface area contributed by atoms with Gasteiger partial charge in [-0.1, -0.05) is 48.5 Å². The van der Waals surface area contributed by atoms with Crippen LogP contribution in [0.4, 0.5) is 4.39 Å². The third-order valence-corrected chi connectivity index (χ3v) is 3.76. The van der Waals surface area contributed by atoms with E-state index in [2.05, 4.69) is 41.4 Å². The van der Waals surface area contributed by atoms with Crippen molar-refractivity contribution >= 4 is 21.5 Å². The summed E-state index contributed by atoms with van der Waals surface area (Å²) in [6.45, 7) is 0. The second-order valence-corrected chi connectivity index (χ2v) is 5.08. The Bertz CT molecular complexity index is 960. The van der Waals surface area contributed by atoms with E-state index in [0.29, 0.717) is 5.69 Å². The second-order valence-electron chi connectivity index (χ2n) is 5.08. The van der Waals surface area contributed by atoms with Gasteiger partial charge in [-0.15, -0.1) is 0 Å². The predicted molar refractivity (Wildman–Crippen MR) is 84.6 cm³/mol. The van der Waals surface area contributed by atoms with E-state index in [0.717, 1.165) is 10.9 Å². The molecule has 0 saturated heterocycles. The van der Waals surface area contributed by atoms with Crippen molar-refractivity contribution in [1.82, 2.24) is 4.98 Å². The number of nitrogens with zero attached hydrogens (tertiary/aromatic N) is 1. The molecular formula is C19H12FN. The van der Waals surface area contributed by atoms with Crippen molar-refractivity contribution in [3.05, 3.63) is 78.7 Å². The van der Waals surface area contributed by atoms with Gasteiger partial charge >= 0.3 is 0 Å². The van der Waals surface area contributed by atoms with Crippen LogP contribution in [0.15, 0.2) is 72.9 Å². The van der Waals surface area contributed by atoms with Crippen LogP contribution in [0.3, 0.4) is 0 Å². The van der Waals surface area contributed by atoms with Gasteiger partial charge in [-0.2, -0.15) is 0 Å². The van der Waals surface area contributed by atoms with Crippen molar-refractivity contribution < 1.29 is 4.39 Å². The number of rotatable bonds is 1. The van der Waals surface area contributed by atoms with Gasteiger partial charge in [-0.25, -0.2) is 4.39 Å². The molecule has 0 bridgehead atoms. The molecule has 4 aromatic rings. The molecule has 4 rings (SSSR count). The fourth-order valence-corrected chi connectivity index (χ4v) is 2.74. The summed E-state index contributed by atoms with van der Waals surface area (Å²) in [5.41, 5.74) is 1.59. The SMILES string of the molecule is Fc1ccnc(-c2ccc3c(ccc4ccccc43)c2)c1. The summed E-state index contributed by atoms with van der Waals surface area (Å²) >= 11 is 0. The first kappa shape index (κ1) is 12.0. The topological polar surface area (TPSA) is 12.9 Å². The van der Waals surface area contributed by atoms with Gasteiger partial charge in [0.15, 0.2) is 0 Å². The van der Waals surface area contributed by atoms with Gasteiger partial charge in [0.1, 0.15) is 5.82 Å². The first-order chi connectivity index (χ1) is 10.3. The summed E-state index contributed by atoms with van der Waals surface area (Å²) in [7, 11) is 0. The third kappa shape index (κ3) is 2.05.